The number of hydrogen-bond acceptors (Lipinski definition) is 6. The van der Waals surface area contributed by atoms with Gasteiger partial charge in [-0.2, -0.15) is 4.36 Å². The Hall–Kier alpha value is -3.90. The Labute approximate surface area is 209 Å². The van der Waals surface area contributed by atoms with Crippen LogP contribution in [0, 0.1) is 18.6 Å². The van der Waals surface area contributed by atoms with Crippen molar-refractivity contribution in [2.75, 3.05) is 23.1 Å². The molecule has 0 atom stereocenters. The van der Waals surface area contributed by atoms with Crippen LogP contribution in [-0.4, -0.2) is 33.6 Å². The van der Waals surface area contributed by atoms with Gasteiger partial charge in [-0.05, 0) is 42.8 Å². The normalized spacial score (nSPS) is 11.2. The van der Waals surface area contributed by atoms with E-state index in [0.717, 1.165) is 23.0 Å². The van der Waals surface area contributed by atoms with E-state index in [4.69, 9.17) is 4.74 Å². The number of carbonyl (C=O) groups excluding carboxylic acids is 2. The molecule has 0 spiro atoms. The summed E-state index contributed by atoms with van der Waals surface area (Å²) in [6.07, 6.45) is 4.20. The third-order valence-electron chi connectivity index (χ3n) is 4.68. The van der Waals surface area contributed by atoms with Crippen molar-refractivity contribution in [3.05, 3.63) is 76.8 Å². The molecule has 0 bridgehead atoms. The third kappa shape index (κ3) is 6.01. The van der Waals surface area contributed by atoms with Crippen LogP contribution in [0.2, 0.25) is 0 Å². The Balaban J connectivity index is 1.51. The van der Waals surface area contributed by atoms with Crippen LogP contribution in [0.15, 0.2) is 59.1 Å². The topological polar surface area (TPSA) is 110 Å². The van der Waals surface area contributed by atoms with Crippen molar-refractivity contribution >= 4 is 54.6 Å². The van der Waals surface area contributed by atoms with Crippen LogP contribution in [0.25, 0.3) is 10.2 Å². The number of thiophene rings is 1. The lowest BCUT2D eigenvalue weighted by atomic mass is 10.2. The van der Waals surface area contributed by atoms with Crippen LogP contribution in [0.1, 0.15) is 15.2 Å². The molecule has 0 fully saturated rings. The Morgan fingerprint density at radius 3 is 2.47 bits per heavy atom. The molecule has 0 radical (unpaired) electrons. The summed E-state index contributed by atoms with van der Waals surface area (Å²) in [7, 11) is -2.62. The number of halogens is 2. The lowest BCUT2D eigenvalue weighted by Crippen LogP contribution is -2.20. The van der Waals surface area contributed by atoms with Gasteiger partial charge in [0.1, 0.15) is 23.1 Å². The molecule has 0 unspecified atom stereocenters. The second-order valence-electron chi connectivity index (χ2n) is 8.02. The molecule has 0 aliphatic carbocycles. The number of rotatable bonds is 5. The molecule has 3 amide bonds. The smallest absolute Gasteiger partial charge is 0.323 e. The van der Waals surface area contributed by atoms with E-state index in [-0.39, 0.29) is 22.0 Å². The van der Waals surface area contributed by atoms with E-state index in [9.17, 15) is 22.6 Å². The molecule has 2 aromatic carbocycles. The Kier molecular flexibility index (Phi) is 7.00. The van der Waals surface area contributed by atoms with Crippen LogP contribution in [0.3, 0.4) is 0 Å². The molecule has 186 valence electrons. The summed E-state index contributed by atoms with van der Waals surface area (Å²) in [5.74, 6) is -1.56. The zero-order chi connectivity index (χ0) is 26.0. The van der Waals surface area contributed by atoms with Gasteiger partial charge in [0.2, 0.25) is 0 Å². The number of carbonyl (C=O) groups is 2. The number of nitrogens with one attached hydrogen (secondary N) is 2. The Bertz CT molecular complexity index is 1620. The third-order valence-corrected chi connectivity index (χ3v) is 6.41. The number of benzene rings is 2. The number of urea groups is 1. The maximum absolute atomic E-state index is 14.7. The fourth-order valence-electron chi connectivity index (χ4n) is 3.14. The van der Waals surface area contributed by atoms with Crippen LogP contribution in [0.4, 0.5) is 25.0 Å². The van der Waals surface area contributed by atoms with Crippen LogP contribution < -0.4 is 15.4 Å². The first-order valence-corrected chi connectivity index (χ1v) is 13.5. The number of pyridine rings is 1. The maximum Gasteiger partial charge on any atom is 0.323 e. The van der Waals surface area contributed by atoms with Crippen molar-refractivity contribution in [1.29, 1.82) is 0 Å². The highest BCUT2D eigenvalue weighted by molar-refractivity contribution is 7.92. The zero-order valence-electron chi connectivity index (χ0n) is 19.3. The second kappa shape index (κ2) is 9.99. The lowest BCUT2D eigenvalue weighted by molar-refractivity contribution is 0.101. The van der Waals surface area contributed by atoms with E-state index in [1.54, 1.807) is 19.1 Å². The fraction of sp³-hybridized carbons (Fsp3) is 0.125. The minimum absolute atomic E-state index is 0.0311. The molecule has 8 nitrogen and oxygen atoms in total. The van der Waals surface area contributed by atoms with E-state index >= 15 is 0 Å². The molecule has 36 heavy (non-hydrogen) atoms. The molecule has 2 heterocycles. The standard InChI is InChI=1S/C24H20F2N4O4S2/c1-13-4-6-15(25)18(10-13)29-24(32)28-17-7-5-14(11-16(17)26)34-20-8-9-27-19-12-21(35-22(19)20)23(31)30-36(2,3)33/h4-12H,1-3H3,(H2,28,29,32). The minimum atomic E-state index is -2.62. The van der Waals surface area contributed by atoms with Gasteiger partial charge in [-0.25, -0.2) is 17.8 Å². The maximum atomic E-state index is 14.7. The monoisotopic (exact) mass is 530 g/mol. The van der Waals surface area contributed by atoms with Gasteiger partial charge in [-0.15, -0.1) is 11.3 Å². The average Bonchev–Trinajstić information content (AvgIpc) is 3.23. The van der Waals surface area contributed by atoms with Crippen molar-refractivity contribution in [1.82, 2.24) is 4.98 Å². The number of ether oxygens (including phenoxy) is 1. The Morgan fingerprint density at radius 1 is 1.00 bits per heavy atom. The quantitative estimate of drug-likeness (QED) is 0.320. The number of amides is 3. The van der Waals surface area contributed by atoms with Gasteiger partial charge in [-0.1, -0.05) is 6.07 Å². The summed E-state index contributed by atoms with van der Waals surface area (Å²) in [6, 6.07) is 10.3. The summed E-state index contributed by atoms with van der Waals surface area (Å²) in [4.78, 5) is 29.0. The van der Waals surface area contributed by atoms with Gasteiger partial charge in [0.15, 0.2) is 0 Å². The van der Waals surface area contributed by atoms with Crippen LogP contribution in [-0.2, 0) is 9.73 Å². The van der Waals surface area contributed by atoms with Gasteiger partial charge in [0, 0.05) is 40.6 Å². The molecule has 0 aliphatic rings. The van der Waals surface area contributed by atoms with E-state index in [1.807, 2.05) is 0 Å². The van der Waals surface area contributed by atoms with Crippen LogP contribution >= 0.6 is 11.3 Å². The van der Waals surface area contributed by atoms with Crippen molar-refractivity contribution in [3.8, 4) is 11.5 Å². The van der Waals surface area contributed by atoms with Gasteiger partial charge in [0.25, 0.3) is 5.91 Å². The summed E-state index contributed by atoms with van der Waals surface area (Å²) in [5, 5.41) is 4.68. The average molecular weight is 531 g/mol. The van der Waals surface area contributed by atoms with E-state index in [0.29, 0.717) is 16.0 Å². The molecule has 12 heteroatoms. The highest BCUT2D eigenvalue weighted by atomic mass is 32.2. The molecule has 4 rings (SSSR count). The highest BCUT2D eigenvalue weighted by Gasteiger charge is 2.16. The number of nitrogens with zero attached hydrogens (tertiary/aromatic N) is 2. The molecule has 0 saturated carbocycles. The predicted octanol–water partition coefficient (Wildman–Crippen LogP) is 6.19. The van der Waals surface area contributed by atoms with Crippen molar-refractivity contribution in [2.24, 2.45) is 4.36 Å². The largest absolute Gasteiger partial charge is 0.456 e. The van der Waals surface area contributed by atoms with E-state index < -0.39 is 33.3 Å². The summed E-state index contributed by atoms with van der Waals surface area (Å²) in [6.45, 7) is 1.75. The predicted molar refractivity (Wildman–Crippen MR) is 137 cm³/mol. The molecule has 0 aliphatic heterocycles. The highest BCUT2D eigenvalue weighted by Crippen LogP contribution is 2.36. The minimum Gasteiger partial charge on any atom is -0.456 e. The summed E-state index contributed by atoms with van der Waals surface area (Å²) in [5.41, 5.74) is 1.04. The van der Waals surface area contributed by atoms with Crippen molar-refractivity contribution in [2.45, 2.75) is 6.92 Å². The van der Waals surface area contributed by atoms with E-state index in [2.05, 4.69) is 20.0 Å². The SMILES string of the molecule is Cc1ccc(F)c(NC(=O)Nc2ccc(Oc3ccnc4cc(C(=O)N=S(C)(C)=O)sc34)cc2F)c1. The van der Waals surface area contributed by atoms with E-state index in [1.165, 1.54) is 49.0 Å². The van der Waals surface area contributed by atoms with Gasteiger partial charge in [0.05, 0.1) is 26.5 Å². The molecule has 2 N–H and O–H groups in total. The Morgan fingerprint density at radius 2 is 1.75 bits per heavy atom. The first kappa shape index (κ1) is 25.2. The van der Waals surface area contributed by atoms with Crippen molar-refractivity contribution in [3.63, 3.8) is 0 Å². The molecule has 4 aromatic rings. The molecule has 0 saturated heterocycles. The number of anilines is 2. The lowest BCUT2D eigenvalue weighted by Gasteiger charge is -2.11. The first-order valence-electron chi connectivity index (χ1n) is 10.4. The first-order chi connectivity index (χ1) is 17.0. The second-order valence-corrected chi connectivity index (χ2v) is 11.6. The van der Waals surface area contributed by atoms with Gasteiger partial charge < -0.3 is 15.4 Å². The molecular formula is C24H20F2N4O4S2. The molecular weight excluding hydrogens is 510 g/mol. The number of fused-ring (bicyclic) bond motifs is 1. The number of aryl methyl sites for hydroxylation is 1. The molecule has 2 aromatic heterocycles. The number of hydrogen-bond donors (Lipinski definition) is 2. The summed E-state index contributed by atoms with van der Waals surface area (Å²) >= 11 is 1.06. The van der Waals surface area contributed by atoms with Gasteiger partial charge >= 0.3 is 6.03 Å². The van der Waals surface area contributed by atoms with Gasteiger partial charge in [-0.3, -0.25) is 9.78 Å². The number of aromatic nitrogens is 1. The fourth-order valence-corrected chi connectivity index (χ4v) is 4.65. The summed E-state index contributed by atoms with van der Waals surface area (Å²) < 4.78 is 50.4. The van der Waals surface area contributed by atoms with Crippen molar-refractivity contribution < 1.29 is 27.3 Å². The van der Waals surface area contributed by atoms with Crippen LogP contribution in [0.5, 0.6) is 11.5 Å². The zero-order valence-corrected chi connectivity index (χ0v) is 20.9.